The number of benzene rings is 2. The number of rotatable bonds is 2. The Kier molecular flexibility index (Phi) is 5.99. The van der Waals surface area contributed by atoms with Crippen LogP contribution in [0.3, 0.4) is 0 Å². The molecule has 0 spiro atoms. The molecule has 6 heteroatoms. The third-order valence-electron chi connectivity index (χ3n) is 5.62. The molecule has 146 valence electrons. The average Bonchev–Trinajstić information content (AvgIpc) is 2.92. The van der Waals surface area contributed by atoms with Crippen LogP contribution in [-0.2, 0) is 23.0 Å². The molecule has 2 aromatic carbocycles. The molecule has 1 saturated heterocycles. The summed E-state index contributed by atoms with van der Waals surface area (Å²) in [4.78, 5) is 2.51. The standard InChI is InChI=1S/C20H22FN.CH4O3S/c1-22-13-19-17-5-3-2-4-15(17)8-11-18(19)20(22)12-14-6-9-16(21)10-7-14;1-5(2,3)4/h2-7,9-10,18-20H,8,11-13H2,1H3;1H3,(H,2,3,4)/t18?,19-,20-;/m1./s1. The van der Waals surface area contributed by atoms with Crippen molar-refractivity contribution in [3.05, 3.63) is 71.0 Å². The molecule has 1 unspecified atom stereocenters. The molecular formula is C21H26FNO3S. The minimum atomic E-state index is -3.67. The minimum absolute atomic E-state index is 0.145. The molecule has 0 aromatic heterocycles. The van der Waals surface area contributed by atoms with E-state index in [1.54, 1.807) is 23.3 Å². The molecule has 2 aliphatic rings. The first kappa shape index (κ1) is 20.0. The molecule has 1 N–H and O–H groups in total. The second-order valence-electron chi connectivity index (χ2n) is 7.58. The van der Waals surface area contributed by atoms with Crippen LogP contribution in [0, 0.1) is 11.7 Å². The van der Waals surface area contributed by atoms with Gasteiger partial charge in [0.15, 0.2) is 0 Å². The zero-order valence-electron chi connectivity index (χ0n) is 15.7. The Morgan fingerprint density at radius 3 is 2.44 bits per heavy atom. The molecule has 2 aromatic rings. The van der Waals surface area contributed by atoms with Crippen molar-refractivity contribution in [3.63, 3.8) is 0 Å². The minimum Gasteiger partial charge on any atom is -0.302 e. The highest BCUT2D eigenvalue weighted by Crippen LogP contribution is 2.45. The van der Waals surface area contributed by atoms with Crippen LogP contribution in [0.1, 0.15) is 29.0 Å². The van der Waals surface area contributed by atoms with Gasteiger partial charge in [-0.15, -0.1) is 0 Å². The van der Waals surface area contributed by atoms with E-state index in [0.717, 1.165) is 18.9 Å². The van der Waals surface area contributed by atoms with Crippen molar-refractivity contribution in [2.45, 2.75) is 31.2 Å². The lowest BCUT2D eigenvalue weighted by atomic mass is 9.74. The monoisotopic (exact) mass is 391 g/mol. The zero-order chi connectivity index (χ0) is 19.6. The zero-order valence-corrected chi connectivity index (χ0v) is 16.5. The lowest BCUT2D eigenvalue weighted by molar-refractivity contribution is 0.259. The Hall–Kier alpha value is -1.76. The van der Waals surface area contributed by atoms with E-state index in [0.29, 0.717) is 18.2 Å². The van der Waals surface area contributed by atoms with Crippen molar-refractivity contribution in [2.75, 3.05) is 19.8 Å². The average molecular weight is 392 g/mol. The van der Waals surface area contributed by atoms with Gasteiger partial charge in [0.25, 0.3) is 10.1 Å². The summed E-state index contributed by atoms with van der Waals surface area (Å²) in [7, 11) is -1.42. The highest BCUT2D eigenvalue weighted by Gasteiger charge is 2.42. The number of nitrogens with zero attached hydrogens (tertiary/aromatic N) is 1. The van der Waals surface area contributed by atoms with E-state index in [2.05, 4.69) is 36.2 Å². The summed E-state index contributed by atoms with van der Waals surface area (Å²) in [6.45, 7) is 1.15. The smallest absolute Gasteiger partial charge is 0.261 e. The number of hydrogen-bond donors (Lipinski definition) is 1. The molecule has 4 nitrogen and oxygen atoms in total. The van der Waals surface area contributed by atoms with Crippen LogP contribution in [0.4, 0.5) is 4.39 Å². The molecule has 0 radical (unpaired) electrons. The molecule has 0 bridgehead atoms. The third-order valence-corrected chi connectivity index (χ3v) is 5.62. The molecule has 1 aliphatic carbocycles. The molecule has 27 heavy (non-hydrogen) atoms. The molecule has 4 rings (SSSR count). The quantitative estimate of drug-likeness (QED) is 0.796. The fourth-order valence-electron chi connectivity index (χ4n) is 4.51. The van der Waals surface area contributed by atoms with Crippen molar-refractivity contribution in [1.29, 1.82) is 0 Å². The summed E-state index contributed by atoms with van der Waals surface area (Å²) >= 11 is 0. The van der Waals surface area contributed by atoms with Gasteiger partial charge in [0.2, 0.25) is 0 Å². The van der Waals surface area contributed by atoms with E-state index in [1.165, 1.54) is 18.4 Å². The maximum absolute atomic E-state index is 13.1. The Bertz CT molecular complexity index is 875. The van der Waals surface area contributed by atoms with Gasteiger partial charge in [-0.25, -0.2) is 4.39 Å². The van der Waals surface area contributed by atoms with Gasteiger partial charge >= 0.3 is 0 Å². The van der Waals surface area contributed by atoms with Crippen LogP contribution < -0.4 is 0 Å². The second kappa shape index (κ2) is 8.09. The van der Waals surface area contributed by atoms with Gasteiger partial charge in [0, 0.05) is 18.5 Å². The van der Waals surface area contributed by atoms with Gasteiger partial charge in [-0.3, -0.25) is 4.55 Å². The SMILES string of the molecule is CN1C[C@@H]2c3ccccc3CCC2[C@H]1Cc1ccc(F)cc1.CS(=O)(=O)O. The molecule has 0 amide bonds. The maximum atomic E-state index is 13.1. The predicted octanol–water partition coefficient (Wildman–Crippen LogP) is 3.53. The van der Waals surface area contributed by atoms with Crippen molar-refractivity contribution in [3.8, 4) is 0 Å². The molecule has 3 atom stereocenters. The van der Waals surface area contributed by atoms with Gasteiger partial charge in [0.1, 0.15) is 5.82 Å². The first-order valence-corrected chi connectivity index (χ1v) is 11.0. The van der Waals surface area contributed by atoms with Gasteiger partial charge in [-0.05, 0) is 61.1 Å². The normalized spacial score (nSPS) is 24.5. The first-order chi connectivity index (χ1) is 12.7. The second-order valence-corrected chi connectivity index (χ2v) is 9.04. The Morgan fingerprint density at radius 2 is 1.78 bits per heavy atom. The fraction of sp³-hybridized carbons (Fsp3) is 0.429. The predicted molar refractivity (Wildman–Crippen MR) is 105 cm³/mol. The largest absolute Gasteiger partial charge is 0.302 e. The van der Waals surface area contributed by atoms with Crippen LogP contribution in [0.25, 0.3) is 0 Å². The van der Waals surface area contributed by atoms with Crippen LogP contribution in [0.15, 0.2) is 48.5 Å². The molecular weight excluding hydrogens is 365 g/mol. The van der Waals surface area contributed by atoms with Crippen LogP contribution in [-0.4, -0.2) is 43.8 Å². The van der Waals surface area contributed by atoms with Crippen LogP contribution in [0.2, 0.25) is 0 Å². The molecule has 1 aliphatic heterocycles. The van der Waals surface area contributed by atoms with Gasteiger partial charge in [-0.2, -0.15) is 8.42 Å². The summed E-state index contributed by atoms with van der Waals surface area (Å²) in [6.07, 6.45) is 4.22. The van der Waals surface area contributed by atoms with Crippen molar-refractivity contribution in [1.82, 2.24) is 4.90 Å². The van der Waals surface area contributed by atoms with Crippen LogP contribution in [0.5, 0.6) is 0 Å². The fourth-order valence-corrected chi connectivity index (χ4v) is 4.51. The van der Waals surface area contributed by atoms with E-state index < -0.39 is 10.1 Å². The molecule has 1 heterocycles. The number of hydrogen-bond acceptors (Lipinski definition) is 3. The van der Waals surface area contributed by atoms with E-state index in [1.807, 2.05) is 12.1 Å². The number of aryl methyl sites for hydroxylation is 1. The van der Waals surface area contributed by atoms with E-state index in [-0.39, 0.29) is 5.82 Å². The Balaban J connectivity index is 0.000000376. The van der Waals surface area contributed by atoms with Crippen LogP contribution >= 0.6 is 0 Å². The Morgan fingerprint density at radius 1 is 1.15 bits per heavy atom. The molecule has 1 fully saturated rings. The van der Waals surface area contributed by atoms with Gasteiger partial charge < -0.3 is 4.90 Å². The number of halogens is 1. The number of fused-ring (bicyclic) bond motifs is 3. The summed E-state index contributed by atoms with van der Waals surface area (Å²) in [5.74, 6) is 1.25. The van der Waals surface area contributed by atoms with E-state index in [9.17, 15) is 12.8 Å². The summed E-state index contributed by atoms with van der Waals surface area (Å²) < 4.78 is 39.0. The first-order valence-electron chi connectivity index (χ1n) is 9.17. The Labute approximate surface area is 160 Å². The summed E-state index contributed by atoms with van der Waals surface area (Å²) in [5, 5.41) is 0. The van der Waals surface area contributed by atoms with E-state index >= 15 is 0 Å². The number of likely N-dealkylation sites (tertiary alicyclic amines) is 1. The highest BCUT2D eigenvalue weighted by molar-refractivity contribution is 7.85. The van der Waals surface area contributed by atoms with E-state index in [4.69, 9.17) is 4.55 Å². The van der Waals surface area contributed by atoms with Crippen molar-refractivity contribution >= 4 is 10.1 Å². The lowest BCUT2D eigenvalue weighted by Crippen LogP contribution is -2.32. The lowest BCUT2D eigenvalue weighted by Gasteiger charge is -2.31. The summed E-state index contributed by atoms with van der Waals surface area (Å²) in [6, 6.07) is 16.6. The van der Waals surface area contributed by atoms with Gasteiger partial charge in [0.05, 0.1) is 6.26 Å². The molecule has 0 saturated carbocycles. The van der Waals surface area contributed by atoms with Gasteiger partial charge in [-0.1, -0.05) is 36.4 Å². The topological polar surface area (TPSA) is 57.6 Å². The number of likely N-dealkylation sites (N-methyl/N-ethyl adjacent to an activating group) is 1. The third kappa shape index (κ3) is 5.15. The van der Waals surface area contributed by atoms with Crippen molar-refractivity contribution < 1.29 is 17.4 Å². The van der Waals surface area contributed by atoms with Crippen molar-refractivity contribution in [2.24, 2.45) is 5.92 Å². The maximum Gasteiger partial charge on any atom is 0.261 e. The highest BCUT2D eigenvalue weighted by atomic mass is 32.2. The summed E-state index contributed by atoms with van der Waals surface area (Å²) in [5.41, 5.74) is 4.35.